The fraction of sp³-hybridized carbons (Fsp3) is 0.692. The van der Waals surface area contributed by atoms with E-state index in [2.05, 4.69) is 10.6 Å². The third-order valence-corrected chi connectivity index (χ3v) is 7.42. The van der Waals surface area contributed by atoms with Crippen LogP contribution in [0, 0.1) is 11.8 Å². The molecule has 2 unspecified atom stereocenters. The first-order chi connectivity index (χ1) is 17.4. The standard InChI is InChI=1S/C26H41ClN4O5/c1-28-23(14-19-6-5-12-35-18-19)16-29-25(32)31-10-4-8-21(17-31)24(20-7-3-9-22(27)15-20)36-13-11-30(2)26(33)34/h3,7,9,15,19,21,23-24,28H,4-6,8,10-14,16-18H2,1-2H3,(H,29,32)(H,33,34)/t19-,21?,23-,24?/m1/s1. The molecule has 0 radical (unpaired) electrons. The first-order valence-corrected chi connectivity index (χ1v) is 13.3. The predicted molar refractivity (Wildman–Crippen MR) is 140 cm³/mol. The normalized spacial score (nSPS) is 22.0. The summed E-state index contributed by atoms with van der Waals surface area (Å²) in [4.78, 5) is 27.3. The van der Waals surface area contributed by atoms with E-state index in [9.17, 15) is 9.59 Å². The summed E-state index contributed by atoms with van der Waals surface area (Å²) >= 11 is 6.26. The van der Waals surface area contributed by atoms with E-state index in [4.69, 9.17) is 26.2 Å². The molecule has 2 fully saturated rings. The van der Waals surface area contributed by atoms with E-state index in [1.165, 1.54) is 18.4 Å². The van der Waals surface area contributed by atoms with Crippen molar-refractivity contribution in [3.63, 3.8) is 0 Å². The van der Waals surface area contributed by atoms with Crippen LogP contribution in [0.4, 0.5) is 9.59 Å². The van der Waals surface area contributed by atoms with Crippen molar-refractivity contribution in [2.24, 2.45) is 11.8 Å². The van der Waals surface area contributed by atoms with Gasteiger partial charge in [0.1, 0.15) is 0 Å². The molecule has 0 spiro atoms. The Morgan fingerprint density at radius 3 is 2.86 bits per heavy atom. The largest absolute Gasteiger partial charge is 0.465 e. The molecule has 3 amide bonds. The van der Waals surface area contributed by atoms with Gasteiger partial charge in [-0.2, -0.15) is 0 Å². The van der Waals surface area contributed by atoms with Gasteiger partial charge in [0.15, 0.2) is 0 Å². The summed E-state index contributed by atoms with van der Waals surface area (Å²) in [6, 6.07) is 7.71. The number of hydrogen-bond donors (Lipinski definition) is 3. The summed E-state index contributed by atoms with van der Waals surface area (Å²) in [7, 11) is 3.46. The van der Waals surface area contributed by atoms with Gasteiger partial charge in [-0.15, -0.1) is 0 Å². The number of carboxylic acid groups (broad SMARTS) is 1. The second-order valence-corrected chi connectivity index (χ2v) is 10.3. The highest BCUT2D eigenvalue weighted by atomic mass is 35.5. The Kier molecular flexibility index (Phi) is 11.6. The third kappa shape index (κ3) is 8.80. The highest BCUT2D eigenvalue weighted by molar-refractivity contribution is 6.30. The highest BCUT2D eigenvalue weighted by Crippen LogP contribution is 2.34. The van der Waals surface area contributed by atoms with Gasteiger partial charge in [-0.3, -0.25) is 0 Å². The number of amides is 3. The van der Waals surface area contributed by atoms with Gasteiger partial charge in [0.05, 0.1) is 12.7 Å². The number of likely N-dealkylation sites (tertiary alicyclic amines) is 1. The molecule has 2 aliphatic rings. The third-order valence-electron chi connectivity index (χ3n) is 7.18. The summed E-state index contributed by atoms with van der Waals surface area (Å²) in [6.07, 6.45) is 3.78. The minimum absolute atomic E-state index is 0.0599. The molecular weight excluding hydrogens is 484 g/mol. The lowest BCUT2D eigenvalue weighted by molar-refractivity contribution is -0.0154. The van der Waals surface area contributed by atoms with Gasteiger partial charge in [0, 0.05) is 63.4 Å². The molecular formula is C26H41ClN4O5. The van der Waals surface area contributed by atoms with E-state index >= 15 is 0 Å². The summed E-state index contributed by atoms with van der Waals surface area (Å²) < 4.78 is 11.8. The maximum atomic E-state index is 13.1. The number of urea groups is 1. The summed E-state index contributed by atoms with van der Waals surface area (Å²) in [5.74, 6) is 0.612. The Balaban J connectivity index is 1.58. The monoisotopic (exact) mass is 524 g/mol. The number of rotatable bonds is 11. The fourth-order valence-corrected chi connectivity index (χ4v) is 5.26. The molecule has 2 saturated heterocycles. The number of hydrogen-bond acceptors (Lipinski definition) is 5. The van der Waals surface area contributed by atoms with E-state index in [1.54, 1.807) is 0 Å². The van der Waals surface area contributed by atoms with Crippen LogP contribution in [0.3, 0.4) is 0 Å². The van der Waals surface area contributed by atoms with Crippen LogP contribution in [0.1, 0.15) is 43.8 Å². The Hall–Kier alpha value is -2.07. The molecule has 2 heterocycles. The number of likely N-dealkylation sites (N-methyl/N-ethyl adjacent to an activating group) is 2. The Morgan fingerprint density at radius 1 is 1.33 bits per heavy atom. The SMILES string of the molecule is CN[C@@H](CNC(=O)N1CCCC(C(OCCN(C)C(=O)O)c2cccc(Cl)c2)C1)C[C@H]1CCCOC1. The van der Waals surface area contributed by atoms with Crippen LogP contribution < -0.4 is 10.6 Å². The molecule has 3 N–H and O–H groups in total. The topological polar surface area (TPSA) is 103 Å². The Bertz CT molecular complexity index is 838. The van der Waals surface area contributed by atoms with Crippen molar-refractivity contribution in [1.82, 2.24) is 20.4 Å². The Labute approximate surface area is 219 Å². The molecule has 4 atom stereocenters. The summed E-state index contributed by atoms with van der Waals surface area (Å²) in [6.45, 7) is 4.02. The van der Waals surface area contributed by atoms with Crippen LogP contribution >= 0.6 is 11.6 Å². The van der Waals surface area contributed by atoms with Gasteiger partial charge in [-0.05, 0) is 62.8 Å². The first-order valence-electron chi connectivity index (χ1n) is 13.0. The number of ether oxygens (including phenoxy) is 2. The van der Waals surface area contributed by atoms with Crippen LogP contribution in [-0.4, -0.2) is 93.2 Å². The summed E-state index contributed by atoms with van der Waals surface area (Å²) in [5, 5.41) is 16.2. The Morgan fingerprint density at radius 2 is 2.17 bits per heavy atom. The van der Waals surface area contributed by atoms with Crippen LogP contribution in [0.15, 0.2) is 24.3 Å². The molecule has 0 saturated carbocycles. The average Bonchev–Trinajstić information content (AvgIpc) is 2.89. The lowest BCUT2D eigenvalue weighted by atomic mass is 9.88. The molecule has 0 aromatic heterocycles. The maximum Gasteiger partial charge on any atom is 0.407 e. The smallest absolute Gasteiger partial charge is 0.407 e. The quantitative estimate of drug-likeness (QED) is 0.406. The zero-order valence-electron chi connectivity index (χ0n) is 21.5. The second-order valence-electron chi connectivity index (χ2n) is 9.89. The minimum Gasteiger partial charge on any atom is -0.465 e. The van der Waals surface area contributed by atoms with Crippen LogP contribution in [0.5, 0.6) is 0 Å². The van der Waals surface area contributed by atoms with Crippen molar-refractivity contribution in [2.75, 3.05) is 60.1 Å². The van der Waals surface area contributed by atoms with Crippen molar-refractivity contribution in [1.29, 1.82) is 0 Å². The molecule has 3 rings (SSSR count). The predicted octanol–water partition coefficient (Wildman–Crippen LogP) is 3.83. The highest BCUT2D eigenvalue weighted by Gasteiger charge is 2.32. The van der Waals surface area contributed by atoms with Gasteiger partial charge in [-0.25, -0.2) is 9.59 Å². The number of piperidine rings is 1. The number of carbonyl (C=O) groups is 2. The fourth-order valence-electron chi connectivity index (χ4n) is 5.06. The molecule has 2 aliphatic heterocycles. The lowest BCUT2D eigenvalue weighted by Gasteiger charge is -2.37. The second kappa shape index (κ2) is 14.6. The van der Waals surface area contributed by atoms with Crippen LogP contribution in [-0.2, 0) is 9.47 Å². The van der Waals surface area contributed by atoms with Crippen molar-refractivity contribution >= 4 is 23.7 Å². The average molecular weight is 525 g/mol. The number of carbonyl (C=O) groups excluding carboxylic acids is 1. The van der Waals surface area contributed by atoms with Gasteiger partial charge >= 0.3 is 12.1 Å². The van der Waals surface area contributed by atoms with Gasteiger partial charge in [0.25, 0.3) is 0 Å². The number of halogens is 1. The first kappa shape index (κ1) is 28.5. The summed E-state index contributed by atoms with van der Waals surface area (Å²) in [5.41, 5.74) is 0.942. The van der Waals surface area contributed by atoms with E-state index < -0.39 is 6.09 Å². The van der Waals surface area contributed by atoms with E-state index in [1.807, 2.05) is 36.2 Å². The maximum absolute atomic E-state index is 13.1. The van der Waals surface area contributed by atoms with Crippen LogP contribution in [0.2, 0.25) is 5.02 Å². The number of benzene rings is 1. The zero-order chi connectivity index (χ0) is 25.9. The lowest BCUT2D eigenvalue weighted by Crippen LogP contribution is -2.50. The minimum atomic E-state index is -0.991. The molecule has 10 heteroatoms. The van der Waals surface area contributed by atoms with E-state index in [0.29, 0.717) is 30.6 Å². The molecule has 202 valence electrons. The van der Waals surface area contributed by atoms with E-state index in [0.717, 1.165) is 44.5 Å². The number of nitrogens with zero attached hydrogens (tertiary/aromatic N) is 2. The molecule has 1 aromatic rings. The van der Waals surface area contributed by atoms with Crippen molar-refractivity contribution in [2.45, 2.75) is 44.2 Å². The zero-order valence-corrected chi connectivity index (χ0v) is 22.2. The van der Waals surface area contributed by atoms with E-state index in [-0.39, 0.29) is 37.2 Å². The molecule has 0 aliphatic carbocycles. The molecule has 0 bridgehead atoms. The van der Waals surface area contributed by atoms with Crippen molar-refractivity contribution in [3.8, 4) is 0 Å². The number of nitrogens with one attached hydrogen (secondary N) is 2. The van der Waals surface area contributed by atoms with Gasteiger partial charge in [0.2, 0.25) is 0 Å². The molecule has 36 heavy (non-hydrogen) atoms. The molecule has 9 nitrogen and oxygen atoms in total. The van der Waals surface area contributed by atoms with Crippen LogP contribution in [0.25, 0.3) is 0 Å². The van der Waals surface area contributed by atoms with Crippen molar-refractivity contribution in [3.05, 3.63) is 34.9 Å². The van der Waals surface area contributed by atoms with Gasteiger partial charge < -0.3 is 35.0 Å². The van der Waals surface area contributed by atoms with Crippen molar-refractivity contribution < 1.29 is 24.2 Å². The molecule has 1 aromatic carbocycles. The van der Waals surface area contributed by atoms with Gasteiger partial charge in [-0.1, -0.05) is 23.7 Å².